The molecule has 23 heavy (non-hydrogen) atoms. The van der Waals surface area contributed by atoms with Crippen molar-refractivity contribution < 1.29 is 0 Å². The molecule has 1 heteroatoms. The fourth-order valence-corrected chi connectivity index (χ4v) is 4.45. The van der Waals surface area contributed by atoms with Crippen molar-refractivity contribution in [2.75, 3.05) is 0 Å². The van der Waals surface area contributed by atoms with E-state index in [0.29, 0.717) is 0 Å². The van der Waals surface area contributed by atoms with E-state index in [-0.39, 0.29) is 0 Å². The van der Waals surface area contributed by atoms with Gasteiger partial charge in [-0.15, -0.1) is 0 Å². The summed E-state index contributed by atoms with van der Waals surface area (Å²) in [7, 11) is -1.35. The van der Waals surface area contributed by atoms with Crippen molar-refractivity contribution >= 4 is 35.7 Å². The molecule has 0 saturated carbocycles. The van der Waals surface area contributed by atoms with Crippen molar-refractivity contribution in [3.05, 3.63) is 83.8 Å². The van der Waals surface area contributed by atoms with Gasteiger partial charge in [0.25, 0.3) is 0 Å². The lowest BCUT2D eigenvalue weighted by atomic mass is 9.97. The molecule has 1 aliphatic carbocycles. The lowest BCUT2D eigenvalue weighted by Crippen LogP contribution is -2.37. The minimum atomic E-state index is -1.35. The molecule has 4 rings (SSSR count). The Balaban J connectivity index is 1.94. The Hall–Kier alpha value is -2.12. The number of fused-ring (bicyclic) bond motifs is 2. The van der Waals surface area contributed by atoms with Crippen LogP contribution in [0.15, 0.2) is 60.7 Å². The average molecular weight is 313 g/mol. The van der Waals surface area contributed by atoms with Crippen LogP contribution in [0.1, 0.15) is 16.7 Å². The third-order valence-corrected chi connectivity index (χ3v) is 6.68. The maximum absolute atomic E-state index is 2.43. The molecule has 0 aromatic heterocycles. The maximum Gasteiger partial charge on any atom is 0.0776 e. The fraction of sp³-hybridized carbons (Fsp3) is 0.136. The Labute approximate surface area is 139 Å². The molecular formula is C22H21Si. The second-order valence-electron chi connectivity index (χ2n) is 7.37. The van der Waals surface area contributed by atoms with Gasteiger partial charge in [0.1, 0.15) is 0 Å². The van der Waals surface area contributed by atoms with Gasteiger partial charge in [0, 0.05) is 6.42 Å². The van der Waals surface area contributed by atoms with Crippen LogP contribution >= 0.6 is 0 Å². The molecular weight excluding hydrogens is 292 g/mol. The van der Waals surface area contributed by atoms with Crippen molar-refractivity contribution in [2.45, 2.75) is 19.6 Å². The molecule has 3 aromatic carbocycles. The van der Waals surface area contributed by atoms with Gasteiger partial charge in [0.05, 0.1) is 8.07 Å². The summed E-state index contributed by atoms with van der Waals surface area (Å²) in [5.74, 6) is 0. The highest BCUT2D eigenvalue weighted by molar-refractivity contribution is 6.88. The monoisotopic (exact) mass is 313 g/mol. The molecule has 3 aromatic rings. The van der Waals surface area contributed by atoms with Crippen LogP contribution in [0.25, 0.3) is 22.4 Å². The number of hydrogen-bond acceptors (Lipinski definition) is 0. The van der Waals surface area contributed by atoms with E-state index in [9.17, 15) is 0 Å². The smallest absolute Gasteiger partial charge is 0.0656 e. The van der Waals surface area contributed by atoms with Gasteiger partial charge in [-0.1, -0.05) is 91.6 Å². The van der Waals surface area contributed by atoms with Crippen LogP contribution in [0, 0.1) is 6.42 Å². The highest BCUT2D eigenvalue weighted by atomic mass is 28.3. The highest BCUT2D eigenvalue weighted by Crippen LogP contribution is 2.36. The lowest BCUT2D eigenvalue weighted by molar-refractivity contribution is 1.54. The molecule has 1 aliphatic rings. The summed E-state index contributed by atoms with van der Waals surface area (Å²) >= 11 is 0. The SMILES string of the molecule is C[Si](C)(C)c1cc(C2=Cc3ccccc3[CH]2)c2ccccc2c1. The standard InChI is InChI=1S/C22H21Si/c1-23(2,3)20-14-18-10-6-7-11-21(18)22(15-20)19-12-16-8-4-5-9-17(16)13-19/h4-15H,1-3H3. The van der Waals surface area contributed by atoms with Gasteiger partial charge in [0.15, 0.2) is 0 Å². The molecule has 0 amide bonds. The van der Waals surface area contributed by atoms with Crippen molar-refractivity contribution in [3.8, 4) is 0 Å². The third-order valence-electron chi connectivity index (χ3n) is 4.66. The predicted molar refractivity (Wildman–Crippen MR) is 105 cm³/mol. The molecule has 0 aliphatic heterocycles. The summed E-state index contributed by atoms with van der Waals surface area (Å²) in [5.41, 5.74) is 5.36. The van der Waals surface area contributed by atoms with E-state index in [1.54, 1.807) is 0 Å². The summed E-state index contributed by atoms with van der Waals surface area (Å²) < 4.78 is 0. The summed E-state index contributed by atoms with van der Waals surface area (Å²) in [4.78, 5) is 0. The molecule has 1 radical (unpaired) electrons. The molecule has 0 unspecified atom stereocenters. The Kier molecular flexibility index (Phi) is 3.28. The van der Waals surface area contributed by atoms with Gasteiger partial charge in [0.2, 0.25) is 0 Å². The van der Waals surface area contributed by atoms with Crippen LogP contribution in [0.5, 0.6) is 0 Å². The Morgan fingerprint density at radius 2 is 1.43 bits per heavy atom. The minimum Gasteiger partial charge on any atom is -0.0656 e. The molecule has 0 nitrogen and oxygen atoms in total. The van der Waals surface area contributed by atoms with Crippen LogP contribution in [0.4, 0.5) is 0 Å². The third kappa shape index (κ3) is 2.55. The summed E-state index contributed by atoms with van der Waals surface area (Å²) in [5, 5.41) is 4.23. The second kappa shape index (κ2) is 5.21. The molecule has 0 N–H and O–H groups in total. The van der Waals surface area contributed by atoms with Gasteiger partial charge in [-0.05, 0) is 33.0 Å². The van der Waals surface area contributed by atoms with Crippen LogP contribution in [-0.4, -0.2) is 8.07 Å². The van der Waals surface area contributed by atoms with Crippen molar-refractivity contribution in [1.29, 1.82) is 0 Å². The highest BCUT2D eigenvalue weighted by Gasteiger charge is 2.21. The van der Waals surface area contributed by atoms with Gasteiger partial charge in [-0.25, -0.2) is 0 Å². The minimum absolute atomic E-state index is 1.32. The lowest BCUT2D eigenvalue weighted by Gasteiger charge is -2.20. The van der Waals surface area contributed by atoms with Crippen molar-refractivity contribution in [2.24, 2.45) is 0 Å². The van der Waals surface area contributed by atoms with Gasteiger partial charge >= 0.3 is 0 Å². The van der Waals surface area contributed by atoms with Gasteiger partial charge in [-0.2, -0.15) is 0 Å². The molecule has 113 valence electrons. The molecule has 0 heterocycles. The number of hydrogen-bond donors (Lipinski definition) is 0. The van der Waals surface area contributed by atoms with E-state index in [0.717, 1.165) is 0 Å². The molecule has 0 fully saturated rings. The topological polar surface area (TPSA) is 0 Å². The van der Waals surface area contributed by atoms with Crippen molar-refractivity contribution in [1.82, 2.24) is 0 Å². The quantitative estimate of drug-likeness (QED) is 0.549. The normalized spacial score (nSPS) is 14.0. The number of allylic oxidation sites excluding steroid dienone is 1. The summed E-state index contributed by atoms with van der Waals surface area (Å²) in [6, 6.07) is 22.2. The fourth-order valence-electron chi connectivity index (χ4n) is 3.29. The summed E-state index contributed by atoms with van der Waals surface area (Å²) in [6.07, 6.45) is 4.65. The zero-order chi connectivity index (χ0) is 16.0. The summed E-state index contributed by atoms with van der Waals surface area (Å²) in [6.45, 7) is 7.26. The van der Waals surface area contributed by atoms with E-state index >= 15 is 0 Å². The first-order chi connectivity index (χ1) is 11.0. The second-order valence-corrected chi connectivity index (χ2v) is 12.4. The molecule has 0 atom stereocenters. The Morgan fingerprint density at radius 1 is 0.739 bits per heavy atom. The van der Waals surface area contributed by atoms with Gasteiger partial charge in [-0.3, -0.25) is 0 Å². The molecule has 0 spiro atoms. The van der Waals surface area contributed by atoms with Crippen LogP contribution in [0.3, 0.4) is 0 Å². The number of benzene rings is 3. The zero-order valence-electron chi connectivity index (χ0n) is 13.9. The molecule has 0 saturated heterocycles. The van der Waals surface area contributed by atoms with E-state index in [4.69, 9.17) is 0 Å². The number of rotatable bonds is 2. The maximum atomic E-state index is 2.43. The Bertz CT molecular complexity index is 926. The largest absolute Gasteiger partial charge is 0.0776 e. The van der Waals surface area contributed by atoms with E-state index in [2.05, 4.69) is 92.8 Å². The van der Waals surface area contributed by atoms with Gasteiger partial charge < -0.3 is 0 Å². The van der Waals surface area contributed by atoms with Crippen LogP contribution in [-0.2, 0) is 0 Å². The Morgan fingerprint density at radius 3 is 2.17 bits per heavy atom. The van der Waals surface area contributed by atoms with E-state index in [1.807, 2.05) is 0 Å². The zero-order valence-corrected chi connectivity index (χ0v) is 14.9. The van der Waals surface area contributed by atoms with Crippen LogP contribution < -0.4 is 5.19 Å². The van der Waals surface area contributed by atoms with E-state index in [1.165, 1.54) is 38.2 Å². The molecule has 0 bridgehead atoms. The first-order valence-electron chi connectivity index (χ1n) is 8.21. The van der Waals surface area contributed by atoms with E-state index < -0.39 is 8.07 Å². The average Bonchev–Trinajstić information content (AvgIpc) is 2.96. The predicted octanol–water partition coefficient (Wildman–Crippen LogP) is 5.49. The first kappa shape index (κ1) is 14.5. The first-order valence-corrected chi connectivity index (χ1v) is 11.7. The van der Waals surface area contributed by atoms with Crippen molar-refractivity contribution in [3.63, 3.8) is 0 Å². The van der Waals surface area contributed by atoms with Crippen LogP contribution in [0.2, 0.25) is 19.6 Å².